The molecule has 0 aliphatic rings. The highest BCUT2D eigenvalue weighted by Gasteiger charge is 2.18. The highest BCUT2D eigenvalue weighted by atomic mass is 28.3. The van der Waals surface area contributed by atoms with Crippen molar-refractivity contribution in [3.63, 3.8) is 0 Å². The van der Waals surface area contributed by atoms with Crippen molar-refractivity contribution < 1.29 is 4.79 Å². The van der Waals surface area contributed by atoms with Gasteiger partial charge in [0.25, 0.3) is 0 Å². The van der Waals surface area contributed by atoms with Gasteiger partial charge in [-0.2, -0.15) is 0 Å². The lowest BCUT2D eigenvalue weighted by molar-refractivity contribution is 0.103. The molecule has 21 heavy (non-hydrogen) atoms. The summed E-state index contributed by atoms with van der Waals surface area (Å²) in [6.07, 6.45) is 0. The van der Waals surface area contributed by atoms with Gasteiger partial charge in [-0.1, -0.05) is 49.1 Å². The van der Waals surface area contributed by atoms with Gasteiger partial charge in [-0.25, -0.2) is 0 Å². The van der Waals surface area contributed by atoms with Gasteiger partial charge in [-0.3, -0.25) is 4.79 Å². The van der Waals surface area contributed by atoms with Crippen molar-refractivity contribution in [2.24, 2.45) is 0 Å². The molecule has 110 valence electrons. The summed E-state index contributed by atoms with van der Waals surface area (Å²) >= 11 is 0. The second-order valence-corrected chi connectivity index (χ2v) is 11.7. The third kappa shape index (κ3) is 3.61. The van der Waals surface area contributed by atoms with Crippen molar-refractivity contribution in [3.05, 3.63) is 59.7 Å². The molecule has 0 saturated heterocycles. The Balaban J connectivity index is 2.32. The van der Waals surface area contributed by atoms with Gasteiger partial charge in [-0.15, -0.1) is 0 Å². The SMILES string of the molecule is CN(C)c1ccc(C(=O)c2cccc([Si](C)(C)C)c2)cc1. The molecular formula is C18H23NOSi. The Morgan fingerprint density at radius 1 is 0.905 bits per heavy atom. The molecule has 0 aliphatic heterocycles. The summed E-state index contributed by atoms with van der Waals surface area (Å²) < 4.78 is 0. The molecule has 0 N–H and O–H groups in total. The van der Waals surface area contributed by atoms with Crippen molar-refractivity contribution in [2.75, 3.05) is 19.0 Å². The minimum atomic E-state index is -1.39. The number of hydrogen-bond donors (Lipinski definition) is 0. The van der Waals surface area contributed by atoms with E-state index in [4.69, 9.17) is 0 Å². The van der Waals surface area contributed by atoms with Crippen LogP contribution >= 0.6 is 0 Å². The number of carbonyl (C=O) groups excluding carboxylic acids is 1. The molecule has 0 bridgehead atoms. The first-order valence-electron chi connectivity index (χ1n) is 7.21. The normalized spacial score (nSPS) is 11.3. The van der Waals surface area contributed by atoms with Crippen LogP contribution in [0.25, 0.3) is 0 Å². The zero-order valence-electron chi connectivity index (χ0n) is 13.5. The molecule has 0 spiro atoms. The van der Waals surface area contributed by atoms with Crippen molar-refractivity contribution >= 4 is 24.7 Å². The summed E-state index contributed by atoms with van der Waals surface area (Å²) in [5.74, 6) is 0.0976. The Morgan fingerprint density at radius 3 is 2.05 bits per heavy atom. The van der Waals surface area contributed by atoms with E-state index in [1.807, 2.05) is 55.4 Å². The highest BCUT2D eigenvalue weighted by molar-refractivity contribution is 6.88. The molecule has 3 heteroatoms. The second kappa shape index (κ2) is 5.86. The number of carbonyl (C=O) groups is 1. The third-order valence-electron chi connectivity index (χ3n) is 3.64. The van der Waals surface area contributed by atoms with Crippen molar-refractivity contribution in [1.82, 2.24) is 0 Å². The number of anilines is 1. The zero-order valence-corrected chi connectivity index (χ0v) is 14.5. The maximum absolute atomic E-state index is 12.6. The average Bonchev–Trinajstić information content (AvgIpc) is 2.46. The van der Waals surface area contributed by atoms with Gasteiger partial charge in [0.1, 0.15) is 0 Å². The Kier molecular flexibility index (Phi) is 4.33. The maximum atomic E-state index is 12.6. The summed E-state index contributed by atoms with van der Waals surface area (Å²) in [4.78, 5) is 14.6. The van der Waals surface area contributed by atoms with E-state index >= 15 is 0 Å². The van der Waals surface area contributed by atoms with Crippen LogP contribution in [-0.2, 0) is 0 Å². The fourth-order valence-corrected chi connectivity index (χ4v) is 3.39. The Labute approximate surface area is 128 Å². The van der Waals surface area contributed by atoms with Crippen LogP contribution in [0.3, 0.4) is 0 Å². The van der Waals surface area contributed by atoms with Crippen molar-refractivity contribution in [2.45, 2.75) is 19.6 Å². The minimum Gasteiger partial charge on any atom is -0.378 e. The summed E-state index contributed by atoms with van der Waals surface area (Å²) in [7, 11) is 2.59. The molecule has 2 aromatic carbocycles. The van der Waals surface area contributed by atoms with E-state index in [1.54, 1.807) is 0 Å². The van der Waals surface area contributed by atoms with Crippen LogP contribution < -0.4 is 10.1 Å². The summed E-state index contributed by atoms with van der Waals surface area (Å²) in [6, 6.07) is 15.9. The molecule has 2 nitrogen and oxygen atoms in total. The van der Waals surface area contributed by atoms with Gasteiger partial charge in [0.2, 0.25) is 0 Å². The van der Waals surface area contributed by atoms with Gasteiger partial charge in [0.15, 0.2) is 5.78 Å². The first kappa shape index (κ1) is 15.5. The number of nitrogens with zero attached hydrogens (tertiary/aromatic N) is 1. The van der Waals surface area contributed by atoms with Crippen LogP contribution in [0.4, 0.5) is 5.69 Å². The van der Waals surface area contributed by atoms with Gasteiger partial charge >= 0.3 is 0 Å². The lowest BCUT2D eigenvalue weighted by atomic mass is 10.0. The van der Waals surface area contributed by atoms with Crippen LogP contribution in [0.5, 0.6) is 0 Å². The zero-order chi connectivity index (χ0) is 15.6. The first-order chi connectivity index (χ1) is 9.79. The number of benzene rings is 2. The molecule has 0 heterocycles. The highest BCUT2D eigenvalue weighted by Crippen LogP contribution is 2.16. The van der Waals surface area contributed by atoms with E-state index in [0.29, 0.717) is 0 Å². The van der Waals surface area contributed by atoms with Crippen LogP contribution in [-0.4, -0.2) is 28.0 Å². The fourth-order valence-electron chi connectivity index (χ4n) is 2.20. The monoisotopic (exact) mass is 297 g/mol. The Morgan fingerprint density at radius 2 is 1.52 bits per heavy atom. The van der Waals surface area contributed by atoms with Gasteiger partial charge in [0, 0.05) is 30.9 Å². The lowest BCUT2D eigenvalue weighted by Gasteiger charge is -2.17. The summed E-state index contributed by atoms with van der Waals surface area (Å²) in [6.45, 7) is 6.88. The minimum absolute atomic E-state index is 0.0976. The van der Waals surface area contributed by atoms with Crippen molar-refractivity contribution in [1.29, 1.82) is 0 Å². The van der Waals surface area contributed by atoms with Crippen LogP contribution in [0.15, 0.2) is 48.5 Å². The molecular weight excluding hydrogens is 274 g/mol. The van der Waals surface area contributed by atoms with Gasteiger partial charge < -0.3 is 4.90 Å². The third-order valence-corrected chi connectivity index (χ3v) is 5.68. The predicted octanol–water partition coefficient (Wildman–Crippen LogP) is 3.53. The molecule has 0 atom stereocenters. The molecule has 2 aromatic rings. The van der Waals surface area contributed by atoms with E-state index in [9.17, 15) is 4.79 Å². The molecule has 2 rings (SSSR count). The van der Waals surface area contributed by atoms with E-state index in [2.05, 4.69) is 31.8 Å². The average molecular weight is 297 g/mol. The van der Waals surface area contributed by atoms with E-state index in [0.717, 1.165) is 16.8 Å². The smallest absolute Gasteiger partial charge is 0.193 e. The second-order valence-electron chi connectivity index (χ2n) is 6.60. The van der Waals surface area contributed by atoms with E-state index in [1.165, 1.54) is 5.19 Å². The number of rotatable bonds is 4. The first-order valence-corrected chi connectivity index (χ1v) is 10.7. The molecule has 0 aromatic heterocycles. The van der Waals surface area contributed by atoms with E-state index < -0.39 is 8.07 Å². The van der Waals surface area contributed by atoms with Crippen LogP contribution in [0, 0.1) is 0 Å². The maximum Gasteiger partial charge on any atom is 0.193 e. The summed E-state index contributed by atoms with van der Waals surface area (Å²) in [5.41, 5.74) is 2.63. The largest absolute Gasteiger partial charge is 0.378 e. The molecule has 0 saturated carbocycles. The van der Waals surface area contributed by atoms with Crippen LogP contribution in [0.1, 0.15) is 15.9 Å². The van der Waals surface area contributed by atoms with Gasteiger partial charge in [0.05, 0.1) is 8.07 Å². The number of ketones is 1. The Bertz CT molecular complexity index is 639. The Hall–Kier alpha value is -1.87. The molecule has 0 fully saturated rings. The molecule has 0 amide bonds. The van der Waals surface area contributed by atoms with Crippen LogP contribution in [0.2, 0.25) is 19.6 Å². The summed E-state index contributed by atoms with van der Waals surface area (Å²) in [5, 5.41) is 1.32. The predicted molar refractivity (Wildman–Crippen MR) is 93.6 cm³/mol. The molecule has 0 radical (unpaired) electrons. The quantitative estimate of drug-likeness (QED) is 0.635. The topological polar surface area (TPSA) is 20.3 Å². The molecule has 0 aliphatic carbocycles. The molecule has 0 unspecified atom stereocenters. The number of hydrogen-bond acceptors (Lipinski definition) is 2. The van der Waals surface area contributed by atoms with Crippen molar-refractivity contribution in [3.8, 4) is 0 Å². The fraction of sp³-hybridized carbons (Fsp3) is 0.278. The van der Waals surface area contributed by atoms with E-state index in [-0.39, 0.29) is 5.78 Å². The van der Waals surface area contributed by atoms with Gasteiger partial charge in [-0.05, 0) is 24.3 Å². The lowest BCUT2D eigenvalue weighted by Crippen LogP contribution is -2.37. The standard InChI is InChI=1S/C18H23NOSi/c1-19(2)16-11-9-14(10-12-16)18(20)15-7-6-8-17(13-15)21(3,4)5/h6-13H,1-5H3.